The number of aromatic nitrogens is 2. The summed E-state index contributed by atoms with van der Waals surface area (Å²) < 4.78 is 2.13. The molecule has 2 aliphatic carbocycles. The van der Waals surface area contributed by atoms with Crippen molar-refractivity contribution in [3.05, 3.63) is 66.0 Å². The second-order valence-corrected chi connectivity index (χ2v) is 10.7. The van der Waals surface area contributed by atoms with Gasteiger partial charge in [0.2, 0.25) is 5.91 Å². The fraction of sp³-hybridized carbons (Fsp3) is 0.516. The minimum absolute atomic E-state index is 0.0557. The molecular formula is C31H40N4O2. The summed E-state index contributed by atoms with van der Waals surface area (Å²) in [7, 11) is 0. The molecule has 2 fully saturated rings. The zero-order valence-corrected chi connectivity index (χ0v) is 21.9. The summed E-state index contributed by atoms with van der Waals surface area (Å²) in [6.45, 7) is 0.917. The summed E-state index contributed by atoms with van der Waals surface area (Å²) in [4.78, 5) is 33.6. The first-order chi connectivity index (χ1) is 18.2. The Morgan fingerprint density at radius 3 is 2.14 bits per heavy atom. The number of hydrogen-bond acceptors (Lipinski definition) is 3. The normalized spacial score (nSPS) is 17.1. The van der Waals surface area contributed by atoms with Crippen LogP contribution >= 0.6 is 0 Å². The Kier molecular flexibility index (Phi) is 8.54. The van der Waals surface area contributed by atoms with Gasteiger partial charge in [-0.3, -0.25) is 9.59 Å². The van der Waals surface area contributed by atoms with Gasteiger partial charge in [-0.15, -0.1) is 0 Å². The molecule has 0 aliphatic heterocycles. The predicted octanol–water partition coefficient (Wildman–Crippen LogP) is 5.89. The minimum atomic E-state index is -0.0557. The Labute approximate surface area is 220 Å². The number of amides is 2. The van der Waals surface area contributed by atoms with E-state index < -0.39 is 0 Å². The van der Waals surface area contributed by atoms with Gasteiger partial charge in [0.25, 0.3) is 5.91 Å². The monoisotopic (exact) mass is 500 g/mol. The average molecular weight is 501 g/mol. The minimum Gasteiger partial charge on any atom is -0.352 e. The summed E-state index contributed by atoms with van der Waals surface area (Å²) in [5, 5.41) is 3.02. The van der Waals surface area contributed by atoms with Crippen LogP contribution in [0.1, 0.15) is 86.8 Å². The van der Waals surface area contributed by atoms with Gasteiger partial charge in [0.05, 0.1) is 11.0 Å². The van der Waals surface area contributed by atoms with Crippen molar-refractivity contribution in [1.82, 2.24) is 19.8 Å². The van der Waals surface area contributed by atoms with Gasteiger partial charge in [-0.1, -0.05) is 68.9 Å². The first kappa shape index (κ1) is 25.5. The third-order valence-corrected chi connectivity index (χ3v) is 8.15. The number of rotatable bonds is 9. The first-order valence-corrected chi connectivity index (χ1v) is 14.3. The summed E-state index contributed by atoms with van der Waals surface area (Å²) in [5.41, 5.74) is 2.62. The van der Waals surface area contributed by atoms with Crippen molar-refractivity contribution in [1.29, 1.82) is 0 Å². The van der Waals surface area contributed by atoms with Crippen molar-refractivity contribution in [2.24, 2.45) is 0 Å². The van der Waals surface area contributed by atoms with Crippen LogP contribution in [0, 0.1) is 0 Å². The third-order valence-electron chi connectivity index (χ3n) is 8.15. The Balaban J connectivity index is 1.30. The van der Waals surface area contributed by atoms with E-state index in [0.29, 0.717) is 37.2 Å². The molecule has 1 heterocycles. The quantitative estimate of drug-likeness (QED) is 0.372. The van der Waals surface area contributed by atoms with Gasteiger partial charge in [0, 0.05) is 30.6 Å². The highest BCUT2D eigenvalue weighted by Gasteiger charge is 2.33. The topological polar surface area (TPSA) is 67.2 Å². The van der Waals surface area contributed by atoms with Gasteiger partial charge < -0.3 is 14.8 Å². The van der Waals surface area contributed by atoms with E-state index in [1.807, 2.05) is 48.5 Å². The number of para-hydroxylation sites is 2. The Hall–Kier alpha value is -3.15. The number of benzene rings is 2. The highest BCUT2D eigenvalue weighted by atomic mass is 16.2. The third kappa shape index (κ3) is 6.23. The van der Waals surface area contributed by atoms with Gasteiger partial charge in [-0.2, -0.15) is 0 Å². The lowest BCUT2D eigenvalue weighted by atomic mass is 9.88. The van der Waals surface area contributed by atoms with Crippen molar-refractivity contribution in [2.45, 2.75) is 95.7 Å². The summed E-state index contributed by atoms with van der Waals surface area (Å²) in [6, 6.07) is 18.2. The molecule has 6 nitrogen and oxygen atoms in total. The number of nitrogens with one attached hydrogen (secondary N) is 1. The van der Waals surface area contributed by atoms with Crippen LogP contribution in [0.4, 0.5) is 0 Å². The van der Waals surface area contributed by atoms with Crippen LogP contribution in [-0.4, -0.2) is 44.9 Å². The van der Waals surface area contributed by atoms with Crippen LogP contribution in [-0.2, 0) is 17.8 Å². The molecule has 2 saturated carbocycles. The molecule has 2 aromatic carbocycles. The standard InChI is InChI=1S/C31H40N4O2/c36-30(35(25-15-6-2-7-16-25)26-17-8-3-9-18-26)23-34-28-20-11-10-19-27(28)33-29(34)21-12-22-32-31(37)24-13-4-1-5-14-24/h1,4-5,10-11,13-14,19-20,25-26H,2-3,6-9,12,15-18,21-23H2,(H,32,37). The zero-order chi connectivity index (χ0) is 25.5. The van der Waals surface area contributed by atoms with E-state index in [0.717, 1.165) is 49.0 Å². The van der Waals surface area contributed by atoms with E-state index in [1.54, 1.807) is 0 Å². The molecule has 0 bridgehead atoms. The van der Waals surface area contributed by atoms with E-state index in [-0.39, 0.29) is 11.8 Å². The number of carbonyl (C=O) groups is 2. The average Bonchev–Trinajstić information content (AvgIpc) is 3.29. The van der Waals surface area contributed by atoms with Crippen LogP contribution in [0.25, 0.3) is 11.0 Å². The predicted molar refractivity (Wildman–Crippen MR) is 147 cm³/mol. The molecule has 0 unspecified atom stereocenters. The highest BCUT2D eigenvalue weighted by molar-refractivity contribution is 5.94. The molecule has 1 N–H and O–H groups in total. The Morgan fingerprint density at radius 2 is 1.46 bits per heavy atom. The van der Waals surface area contributed by atoms with E-state index in [1.165, 1.54) is 38.5 Å². The lowest BCUT2D eigenvalue weighted by molar-refractivity contribution is -0.138. The Bertz CT molecular complexity index is 1160. The van der Waals surface area contributed by atoms with Crippen LogP contribution < -0.4 is 5.32 Å². The van der Waals surface area contributed by atoms with Crippen LogP contribution in [0.15, 0.2) is 54.6 Å². The van der Waals surface area contributed by atoms with E-state index in [2.05, 4.69) is 20.9 Å². The molecule has 0 radical (unpaired) electrons. The maximum Gasteiger partial charge on any atom is 0.251 e. The second-order valence-electron chi connectivity index (χ2n) is 10.7. The SMILES string of the molecule is O=C(NCCCc1nc2ccccc2n1CC(=O)N(C1CCCCC1)C1CCCCC1)c1ccccc1. The number of imidazole rings is 1. The highest BCUT2D eigenvalue weighted by Crippen LogP contribution is 2.31. The van der Waals surface area contributed by atoms with E-state index >= 15 is 0 Å². The molecule has 0 saturated heterocycles. The molecule has 196 valence electrons. The van der Waals surface area contributed by atoms with Crippen molar-refractivity contribution < 1.29 is 9.59 Å². The molecular weight excluding hydrogens is 460 g/mol. The fourth-order valence-electron chi connectivity index (χ4n) is 6.27. The molecule has 6 heteroatoms. The summed E-state index contributed by atoms with van der Waals surface area (Å²) in [5.74, 6) is 1.12. The van der Waals surface area contributed by atoms with Crippen molar-refractivity contribution >= 4 is 22.8 Å². The smallest absolute Gasteiger partial charge is 0.251 e. The van der Waals surface area contributed by atoms with Crippen LogP contribution in [0.2, 0.25) is 0 Å². The molecule has 37 heavy (non-hydrogen) atoms. The number of aryl methyl sites for hydroxylation is 1. The second kappa shape index (κ2) is 12.4. The number of carbonyl (C=O) groups excluding carboxylic acids is 2. The zero-order valence-electron chi connectivity index (χ0n) is 21.9. The van der Waals surface area contributed by atoms with Crippen molar-refractivity contribution in [3.8, 4) is 0 Å². The van der Waals surface area contributed by atoms with Crippen LogP contribution in [0.3, 0.4) is 0 Å². The maximum atomic E-state index is 14.0. The van der Waals surface area contributed by atoms with Gasteiger partial charge in [-0.25, -0.2) is 4.98 Å². The van der Waals surface area contributed by atoms with Crippen molar-refractivity contribution in [3.63, 3.8) is 0 Å². The number of fused-ring (bicyclic) bond motifs is 1. The lowest BCUT2D eigenvalue weighted by Crippen LogP contribution is -2.50. The Morgan fingerprint density at radius 1 is 0.838 bits per heavy atom. The molecule has 1 aromatic heterocycles. The van der Waals surface area contributed by atoms with Gasteiger partial charge >= 0.3 is 0 Å². The number of nitrogens with zero attached hydrogens (tertiary/aromatic N) is 3. The van der Waals surface area contributed by atoms with Crippen LogP contribution in [0.5, 0.6) is 0 Å². The van der Waals surface area contributed by atoms with E-state index in [4.69, 9.17) is 4.98 Å². The molecule has 0 atom stereocenters. The fourth-order valence-corrected chi connectivity index (χ4v) is 6.27. The summed E-state index contributed by atoms with van der Waals surface area (Å²) in [6.07, 6.45) is 13.5. The number of hydrogen-bond donors (Lipinski definition) is 1. The first-order valence-electron chi connectivity index (χ1n) is 14.3. The molecule has 3 aromatic rings. The maximum absolute atomic E-state index is 14.0. The molecule has 5 rings (SSSR count). The molecule has 0 spiro atoms. The largest absolute Gasteiger partial charge is 0.352 e. The molecule has 2 amide bonds. The summed E-state index contributed by atoms with van der Waals surface area (Å²) >= 11 is 0. The van der Waals surface area contributed by atoms with Gasteiger partial charge in [-0.05, 0) is 56.4 Å². The van der Waals surface area contributed by atoms with Gasteiger partial charge in [0.1, 0.15) is 12.4 Å². The molecule has 2 aliphatic rings. The van der Waals surface area contributed by atoms with Gasteiger partial charge in [0.15, 0.2) is 0 Å². The lowest BCUT2D eigenvalue weighted by Gasteiger charge is -2.42. The van der Waals surface area contributed by atoms with E-state index in [9.17, 15) is 9.59 Å². The van der Waals surface area contributed by atoms with Crippen molar-refractivity contribution in [2.75, 3.05) is 6.54 Å².